The van der Waals surface area contributed by atoms with Crippen molar-refractivity contribution in [2.45, 2.75) is 19.8 Å². The Hall–Kier alpha value is -2.55. The molecule has 1 aliphatic rings. The SMILES string of the molecule is CCOC(=O)C1CCCN(C(=O)COc2ccccc2C#N)C1. The van der Waals surface area contributed by atoms with Crippen LogP contribution in [0.15, 0.2) is 24.3 Å². The van der Waals surface area contributed by atoms with Crippen molar-refractivity contribution in [1.29, 1.82) is 5.26 Å². The highest BCUT2D eigenvalue weighted by Gasteiger charge is 2.29. The largest absolute Gasteiger partial charge is 0.482 e. The molecule has 0 spiro atoms. The number of esters is 1. The summed E-state index contributed by atoms with van der Waals surface area (Å²) in [5, 5.41) is 9.00. The van der Waals surface area contributed by atoms with Crippen molar-refractivity contribution < 1.29 is 19.1 Å². The number of hydrogen-bond donors (Lipinski definition) is 0. The molecule has 0 radical (unpaired) electrons. The van der Waals surface area contributed by atoms with Crippen LogP contribution in [0.5, 0.6) is 5.75 Å². The van der Waals surface area contributed by atoms with Crippen LogP contribution in [0.3, 0.4) is 0 Å². The summed E-state index contributed by atoms with van der Waals surface area (Å²) in [5.41, 5.74) is 0.392. The number of nitriles is 1. The van der Waals surface area contributed by atoms with Gasteiger partial charge in [0.2, 0.25) is 0 Å². The van der Waals surface area contributed by atoms with Gasteiger partial charge in [-0.15, -0.1) is 0 Å². The van der Waals surface area contributed by atoms with Crippen LogP contribution in [-0.4, -0.2) is 43.1 Å². The smallest absolute Gasteiger partial charge is 0.310 e. The van der Waals surface area contributed by atoms with Crippen LogP contribution in [0.4, 0.5) is 0 Å². The zero-order valence-electron chi connectivity index (χ0n) is 13.2. The van der Waals surface area contributed by atoms with Gasteiger partial charge in [0.15, 0.2) is 6.61 Å². The monoisotopic (exact) mass is 316 g/mol. The number of ether oxygens (including phenoxy) is 2. The Labute approximate surface area is 135 Å². The minimum Gasteiger partial charge on any atom is -0.482 e. The zero-order valence-corrected chi connectivity index (χ0v) is 13.2. The number of carbonyl (C=O) groups is 2. The lowest BCUT2D eigenvalue weighted by Crippen LogP contribution is -2.44. The quantitative estimate of drug-likeness (QED) is 0.773. The third-order valence-electron chi connectivity index (χ3n) is 3.75. The van der Waals surface area contributed by atoms with E-state index in [9.17, 15) is 9.59 Å². The van der Waals surface area contributed by atoms with Crippen molar-refractivity contribution in [1.82, 2.24) is 4.90 Å². The van der Waals surface area contributed by atoms with Crippen molar-refractivity contribution in [2.75, 3.05) is 26.3 Å². The molecule has 1 atom stereocenters. The first kappa shape index (κ1) is 16.8. The molecule has 6 nitrogen and oxygen atoms in total. The lowest BCUT2D eigenvalue weighted by atomic mass is 9.98. The van der Waals surface area contributed by atoms with Crippen LogP contribution in [-0.2, 0) is 14.3 Å². The van der Waals surface area contributed by atoms with E-state index in [4.69, 9.17) is 14.7 Å². The molecule has 1 aromatic carbocycles. The highest BCUT2D eigenvalue weighted by atomic mass is 16.5. The van der Waals surface area contributed by atoms with Crippen LogP contribution in [0.25, 0.3) is 0 Å². The molecule has 0 bridgehead atoms. The molecular weight excluding hydrogens is 296 g/mol. The van der Waals surface area contributed by atoms with Crippen molar-refractivity contribution in [2.24, 2.45) is 5.92 Å². The summed E-state index contributed by atoms with van der Waals surface area (Å²) >= 11 is 0. The van der Waals surface area contributed by atoms with Crippen molar-refractivity contribution in [3.05, 3.63) is 29.8 Å². The molecule has 0 aliphatic carbocycles. The number of amides is 1. The Kier molecular flexibility index (Phi) is 5.98. The summed E-state index contributed by atoms with van der Waals surface area (Å²) < 4.78 is 10.5. The Morgan fingerprint density at radius 2 is 2.17 bits per heavy atom. The van der Waals surface area contributed by atoms with Gasteiger partial charge in [0, 0.05) is 13.1 Å². The van der Waals surface area contributed by atoms with E-state index < -0.39 is 0 Å². The fourth-order valence-electron chi connectivity index (χ4n) is 2.57. The first-order valence-electron chi connectivity index (χ1n) is 7.72. The lowest BCUT2D eigenvalue weighted by Gasteiger charge is -2.31. The first-order valence-corrected chi connectivity index (χ1v) is 7.72. The molecule has 0 N–H and O–H groups in total. The molecule has 1 aliphatic heterocycles. The topological polar surface area (TPSA) is 79.6 Å². The second kappa shape index (κ2) is 8.18. The molecule has 1 fully saturated rings. The number of piperidine rings is 1. The van der Waals surface area contributed by atoms with Crippen LogP contribution in [0.1, 0.15) is 25.3 Å². The summed E-state index contributed by atoms with van der Waals surface area (Å²) in [5.74, 6) is -0.311. The summed E-state index contributed by atoms with van der Waals surface area (Å²) in [6.07, 6.45) is 1.50. The van der Waals surface area contributed by atoms with Gasteiger partial charge in [-0.2, -0.15) is 5.26 Å². The van der Waals surface area contributed by atoms with Gasteiger partial charge in [0.25, 0.3) is 5.91 Å². The van der Waals surface area contributed by atoms with Crippen LogP contribution in [0, 0.1) is 17.2 Å². The van der Waals surface area contributed by atoms with E-state index in [1.165, 1.54) is 0 Å². The Balaban J connectivity index is 1.90. The number of carbonyl (C=O) groups excluding carboxylic acids is 2. The van der Waals surface area contributed by atoms with Crippen LogP contribution >= 0.6 is 0 Å². The molecule has 0 saturated carbocycles. The normalized spacial score (nSPS) is 17.2. The predicted octanol–water partition coefficient (Wildman–Crippen LogP) is 1.74. The van der Waals surface area contributed by atoms with Crippen molar-refractivity contribution in [3.8, 4) is 11.8 Å². The van der Waals surface area contributed by atoms with E-state index in [1.807, 2.05) is 6.07 Å². The second-order valence-electron chi connectivity index (χ2n) is 5.33. The van der Waals surface area contributed by atoms with E-state index in [2.05, 4.69) is 0 Å². The van der Waals surface area contributed by atoms with Gasteiger partial charge in [0.1, 0.15) is 11.8 Å². The number of rotatable bonds is 5. The summed E-state index contributed by atoms with van der Waals surface area (Å²) in [6.45, 7) is 2.94. The van der Waals surface area contributed by atoms with Crippen molar-refractivity contribution >= 4 is 11.9 Å². The van der Waals surface area contributed by atoms with Gasteiger partial charge >= 0.3 is 5.97 Å². The second-order valence-corrected chi connectivity index (χ2v) is 5.33. The molecule has 1 saturated heterocycles. The van der Waals surface area contributed by atoms with E-state index in [1.54, 1.807) is 36.1 Å². The van der Waals surface area contributed by atoms with E-state index in [0.717, 1.165) is 12.8 Å². The maximum atomic E-state index is 12.3. The van der Waals surface area contributed by atoms with E-state index in [-0.39, 0.29) is 24.4 Å². The minimum atomic E-state index is -0.265. The van der Waals surface area contributed by atoms with Crippen LogP contribution in [0.2, 0.25) is 0 Å². The molecular formula is C17H20N2O4. The molecule has 1 unspecified atom stereocenters. The van der Waals surface area contributed by atoms with Gasteiger partial charge in [-0.05, 0) is 31.9 Å². The number of hydrogen-bond acceptors (Lipinski definition) is 5. The fraction of sp³-hybridized carbons (Fsp3) is 0.471. The van der Waals surface area contributed by atoms with Crippen LogP contribution < -0.4 is 4.74 Å². The standard InChI is InChI=1S/C17H20N2O4/c1-2-22-17(21)14-7-5-9-19(11-14)16(20)12-23-15-8-4-3-6-13(15)10-18/h3-4,6,8,14H,2,5,7,9,11-12H2,1H3. The predicted molar refractivity (Wildman–Crippen MR) is 82.6 cm³/mol. The molecule has 1 amide bonds. The summed E-state index contributed by atoms with van der Waals surface area (Å²) in [4.78, 5) is 25.7. The van der Waals surface area contributed by atoms with E-state index >= 15 is 0 Å². The number of likely N-dealkylation sites (tertiary alicyclic amines) is 1. The molecule has 122 valence electrons. The highest BCUT2D eigenvalue weighted by Crippen LogP contribution is 2.19. The molecule has 2 rings (SSSR count). The maximum Gasteiger partial charge on any atom is 0.310 e. The molecule has 6 heteroatoms. The molecule has 1 heterocycles. The molecule has 0 aromatic heterocycles. The Morgan fingerprint density at radius 1 is 1.39 bits per heavy atom. The first-order chi connectivity index (χ1) is 11.2. The van der Waals surface area contributed by atoms with Gasteiger partial charge in [-0.3, -0.25) is 9.59 Å². The average molecular weight is 316 g/mol. The fourth-order valence-corrected chi connectivity index (χ4v) is 2.57. The third kappa shape index (κ3) is 4.46. The highest BCUT2D eigenvalue weighted by molar-refractivity contribution is 5.79. The number of nitrogens with zero attached hydrogens (tertiary/aromatic N) is 2. The van der Waals surface area contributed by atoms with Gasteiger partial charge in [-0.1, -0.05) is 12.1 Å². The molecule has 23 heavy (non-hydrogen) atoms. The van der Waals surface area contributed by atoms with Gasteiger partial charge < -0.3 is 14.4 Å². The summed E-state index contributed by atoms with van der Waals surface area (Å²) in [7, 11) is 0. The lowest BCUT2D eigenvalue weighted by molar-refractivity contribution is -0.151. The third-order valence-corrected chi connectivity index (χ3v) is 3.75. The maximum absolute atomic E-state index is 12.3. The summed E-state index contributed by atoms with van der Waals surface area (Å²) in [6, 6.07) is 8.80. The van der Waals surface area contributed by atoms with Gasteiger partial charge in [-0.25, -0.2) is 0 Å². The average Bonchev–Trinajstić information content (AvgIpc) is 2.60. The number of benzene rings is 1. The van der Waals surface area contributed by atoms with E-state index in [0.29, 0.717) is 31.0 Å². The van der Waals surface area contributed by atoms with Crippen molar-refractivity contribution in [3.63, 3.8) is 0 Å². The minimum absolute atomic E-state index is 0.145. The Bertz CT molecular complexity index is 609. The Morgan fingerprint density at radius 3 is 2.91 bits per heavy atom. The zero-order chi connectivity index (χ0) is 16.7. The number of para-hydroxylation sites is 1. The molecule has 1 aromatic rings. The van der Waals surface area contributed by atoms with Gasteiger partial charge in [0.05, 0.1) is 18.1 Å².